The molecule has 0 aliphatic heterocycles. The minimum atomic E-state index is -0.130. The highest BCUT2D eigenvalue weighted by atomic mass is 32.1. The number of thiazole rings is 1. The third-order valence-corrected chi connectivity index (χ3v) is 4.79. The Morgan fingerprint density at radius 1 is 1.37 bits per heavy atom. The van der Waals surface area contributed by atoms with Crippen molar-refractivity contribution >= 4 is 11.3 Å². The molecule has 0 atom stereocenters. The molecule has 0 aromatic carbocycles. The number of hydrogen-bond acceptors (Lipinski definition) is 5. The molecular weight excluding hydrogens is 258 g/mol. The minimum Gasteiger partial charge on any atom is -0.361 e. The van der Waals surface area contributed by atoms with Gasteiger partial charge in [0, 0.05) is 30.1 Å². The summed E-state index contributed by atoms with van der Waals surface area (Å²) in [5.41, 5.74) is 2.27. The molecule has 5 heteroatoms. The van der Waals surface area contributed by atoms with Gasteiger partial charge in [0.25, 0.3) is 0 Å². The molecular formula is C14H19N3OS. The Bertz CT molecular complexity index is 545. The van der Waals surface area contributed by atoms with Gasteiger partial charge in [-0.15, -0.1) is 11.3 Å². The van der Waals surface area contributed by atoms with Crippen LogP contribution in [0, 0.1) is 0 Å². The lowest BCUT2D eigenvalue weighted by molar-refractivity contribution is 0.355. The SMILES string of the molecule is CC(C)(NCc1noc2c1CCCC2)c1nccs1. The zero-order valence-corrected chi connectivity index (χ0v) is 12.2. The van der Waals surface area contributed by atoms with Crippen molar-refractivity contribution in [1.29, 1.82) is 0 Å². The van der Waals surface area contributed by atoms with Crippen LogP contribution in [0.5, 0.6) is 0 Å². The van der Waals surface area contributed by atoms with Crippen LogP contribution in [0.25, 0.3) is 0 Å². The highest BCUT2D eigenvalue weighted by Gasteiger charge is 2.25. The molecule has 3 rings (SSSR count). The lowest BCUT2D eigenvalue weighted by atomic mass is 9.96. The average molecular weight is 277 g/mol. The van der Waals surface area contributed by atoms with Crippen LogP contribution in [0.4, 0.5) is 0 Å². The highest BCUT2D eigenvalue weighted by molar-refractivity contribution is 7.09. The van der Waals surface area contributed by atoms with Gasteiger partial charge in [-0.1, -0.05) is 5.16 Å². The van der Waals surface area contributed by atoms with Gasteiger partial charge >= 0.3 is 0 Å². The van der Waals surface area contributed by atoms with Gasteiger partial charge in [0.1, 0.15) is 16.5 Å². The zero-order valence-electron chi connectivity index (χ0n) is 11.4. The maximum atomic E-state index is 5.44. The molecule has 2 aromatic rings. The first-order valence-electron chi connectivity index (χ1n) is 6.78. The molecule has 19 heavy (non-hydrogen) atoms. The summed E-state index contributed by atoms with van der Waals surface area (Å²) in [7, 11) is 0. The van der Waals surface area contributed by atoms with E-state index in [1.165, 1.54) is 18.4 Å². The fourth-order valence-corrected chi connectivity index (χ4v) is 3.24. The van der Waals surface area contributed by atoms with E-state index in [4.69, 9.17) is 4.52 Å². The van der Waals surface area contributed by atoms with E-state index in [-0.39, 0.29) is 5.54 Å². The van der Waals surface area contributed by atoms with Crippen LogP contribution in [-0.2, 0) is 24.9 Å². The van der Waals surface area contributed by atoms with Crippen molar-refractivity contribution in [1.82, 2.24) is 15.5 Å². The van der Waals surface area contributed by atoms with Crippen molar-refractivity contribution in [2.24, 2.45) is 0 Å². The summed E-state index contributed by atoms with van der Waals surface area (Å²) >= 11 is 1.68. The van der Waals surface area contributed by atoms with Crippen LogP contribution in [-0.4, -0.2) is 10.1 Å². The quantitative estimate of drug-likeness (QED) is 0.933. The maximum Gasteiger partial charge on any atom is 0.140 e. The van der Waals surface area contributed by atoms with Crippen LogP contribution >= 0.6 is 11.3 Å². The summed E-state index contributed by atoms with van der Waals surface area (Å²) in [6, 6.07) is 0. The number of nitrogens with zero attached hydrogens (tertiary/aromatic N) is 2. The topological polar surface area (TPSA) is 51.0 Å². The monoisotopic (exact) mass is 277 g/mol. The Labute approximate surface area is 117 Å². The molecule has 1 aliphatic rings. The number of rotatable bonds is 4. The maximum absolute atomic E-state index is 5.44. The minimum absolute atomic E-state index is 0.130. The Morgan fingerprint density at radius 2 is 2.21 bits per heavy atom. The normalized spacial score (nSPS) is 15.5. The van der Waals surface area contributed by atoms with Crippen LogP contribution in [0.1, 0.15) is 48.7 Å². The molecule has 0 amide bonds. The zero-order chi connectivity index (χ0) is 13.3. The second kappa shape index (κ2) is 5.06. The Morgan fingerprint density at radius 3 is 3.00 bits per heavy atom. The van der Waals surface area contributed by atoms with E-state index < -0.39 is 0 Å². The van der Waals surface area contributed by atoms with Gasteiger partial charge in [-0.2, -0.15) is 0 Å². The van der Waals surface area contributed by atoms with Crippen molar-refractivity contribution < 1.29 is 4.52 Å². The second-order valence-corrected chi connectivity index (χ2v) is 6.45. The van der Waals surface area contributed by atoms with E-state index >= 15 is 0 Å². The fraction of sp³-hybridized carbons (Fsp3) is 0.571. The summed E-state index contributed by atoms with van der Waals surface area (Å²) < 4.78 is 5.44. The number of hydrogen-bond donors (Lipinski definition) is 1. The molecule has 2 heterocycles. The van der Waals surface area contributed by atoms with Crippen LogP contribution in [0.2, 0.25) is 0 Å². The number of aromatic nitrogens is 2. The van der Waals surface area contributed by atoms with Crippen molar-refractivity contribution in [3.8, 4) is 0 Å². The highest BCUT2D eigenvalue weighted by Crippen LogP contribution is 2.26. The van der Waals surface area contributed by atoms with E-state index in [0.29, 0.717) is 0 Å². The summed E-state index contributed by atoms with van der Waals surface area (Å²) in [6.07, 6.45) is 6.46. The van der Waals surface area contributed by atoms with E-state index in [1.54, 1.807) is 11.3 Å². The Kier molecular flexibility index (Phi) is 3.41. The molecule has 1 N–H and O–H groups in total. The third kappa shape index (κ3) is 2.58. The van der Waals surface area contributed by atoms with E-state index in [1.807, 2.05) is 11.6 Å². The number of fused-ring (bicyclic) bond motifs is 1. The van der Waals surface area contributed by atoms with Gasteiger partial charge in [-0.3, -0.25) is 0 Å². The smallest absolute Gasteiger partial charge is 0.140 e. The summed E-state index contributed by atoms with van der Waals surface area (Å²) in [6.45, 7) is 5.04. The Balaban J connectivity index is 1.71. The molecule has 0 spiro atoms. The van der Waals surface area contributed by atoms with Gasteiger partial charge in [0.2, 0.25) is 0 Å². The summed E-state index contributed by atoms with van der Waals surface area (Å²) in [5, 5.41) is 10.9. The number of nitrogens with one attached hydrogen (secondary N) is 1. The van der Waals surface area contributed by atoms with E-state index in [0.717, 1.165) is 35.8 Å². The van der Waals surface area contributed by atoms with Crippen LogP contribution in [0.15, 0.2) is 16.1 Å². The standard InChI is InChI=1S/C14H19N3OS/c1-14(2,13-15-7-8-19-13)16-9-11-10-5-3-4-6-12(10)18-17-11/h7-8,16H,3-6,9H2,1-2H3. The van der Waals surface area contributed by atoms with E-state index in [2.05, 4.69) is 29.3 Å². The Hall–Kier alpha value is -1.20. The largest absolute Gasteiger partial charge is 0.361 e. The van der Waals surface area contributed by atoms with Crippen molar-refractivity contribution in [3.05, 3.63) is 33.6 Å². The number of aryl methyl sites for hydroxylation is 1. The fourth-order valence-electron chi connectivity index (χ4n) is 2.50. The molecule has 1 aliphatic carbocycles. The molecule has 0 saturated carbocycles. The second-order valence-electron chi connectivity index (χ2n) is 5.55. The van der Waals surface area contributed by atoms with Crippen molar-refractivity contribution in [2.45, 2.75) is 51.6 Å². The average Bonchev–Trinajstić information content (AvgIpc) is 3.07. The lowest BCUT2D eigenvalue weighted by Gasteiger charge is -2.23. The van der Waals surface area contributed by atoms with E-state index in [9.17, 15) is 0 Å². The third-order valence-electron chi connectivity index (χ3n) is 3.70. The van der Waals surface area contributed by atoms with Gasteiger partial charge in [0.05, 0.1) is 5.54 Å². The molecule has 102 valence electrons. The van der Waals surface area contributed by atoms with Crippen molar-refractivity contribution in [3.63, 3.8) is 0 Å². The molecule has 2 aromatic heterocycles. The predicted octanol–water partition coefficient (Wildman–Crippen LogP) is 3.03. The first-order valence-corrected chi connectivity index (χ1v) is 7.66. The molecule has 0 fully saturated rings. The van der Waals surface area contributed by atoms with Gasteiger partial charge in [-0.25, -0.2) is 4.98 Å². The molecule has 0 saturated heterocycles. The summed E-state index contributed by atoms with van der Waals surface area (Å²) in [4.78, 5) is 4.39. The molecule has 0 bridgehead atoms. The molecule has 0 unspecified atom stereocenters. The first kappa shape index (κ1) is 12.8. The molecule has 4 nitrogen and oxygen atoms in total. The predicted molar refractivity (Wildman–Crippen MR) is 75.1 cm³/mol. The lowest BCUT2D eigenvalue weighted by Crippen LogP contribution is -2.36. The summed E-state index contributed by atoms with van der Waals surface area (Å²) in [5.74, 6) is 1.09. The first-order chi connectivity index (χ1) is 9.17. The van der Waals surface area contributed by atoms with Gasteiger partial charge in [0.15, 0.2) is 0 Å². The van der Waals surface area contributed by atoms with Crippen molar-refractivity contribution in [2.75, 3.05) is 0 Å². The molecule has 0 radical (unpaired) electrons. The van der Waals surface area contributed by atoms with Crippen LogP contribution in [0.3, 0.4) is 0 Å². The van der Waals surface area contributed by atoms with Gasteiger partial charge in [-0.05, 0) is 33.1 Å². The van der Waals surface area contributed by atoms with Crippen LogP contribution < -0.4 is 5.32 Å². The van der Waals surface area contributed by atoms with Gasteiger partial charge < -0.3 is 9.84 Å².